The Hall–Kier alpha value is -1.56. The molecule has 0 aliphatic heterocycles. The van der Waals surface area contributed by atoms with Gasteiger partial charge in [0.05, 0.1) is 26.9 Å². The van der Waals surface area contributed by atoms with Crippen LogP contribution in [-0.2, 0) is 16.1 Å². The molecule has 1 heterocycles. The molecule has 2 aromatic rings. The Balaban J connectivity index is 1.97. The molecule has 0 saturated heterocycles. The van der Waals surface area contributed by atoms with Crippen LogP contribution in [0.4, 0.5) is 0 Å². The molecular weight excluding hydrogens is 234 g/mol. The number of furan rings is 1. The first-order valence-corrected chi connectivity index (χ1v) is 5.74. The molecule has 0 aliphatic rings. The van der Waals surface area contributed by atoms with Gasteiger partial charge in [-0.25, -0.2) is 0 Å². The van der Waals surface area contributed by atoms with Gasteiger partial charge in [0.1, 0.15) is 5.76 Å². The van der Waals surface area contributed by atoms with Gasteiger partial charge in [-0.05, 0) is 12.1 Å². The number of nitrogens with one attached hydrogen (secondary N) is 1. The van der Waals surface area contributed by atoms with Crippen LogP contribution in [0.25, 0.3) is 11.0 Å². The van der Waals surface area contributed by atoms with Crippen molar-refractivity contribution in [2.75, 3.05) is 27.4 Å². The van der Waals surface area contributed by atoms with Crippen LogP contribution in [0.2, 0.25) is 0 Å². The second-order valence-corrected chi connectivity index (χ2v) is 3.75. The summed E-state index contributed by atoms with van der Waals surface area (Å²) in [5.74, 6) is 1.53. The van der Waals surface area contributed by atoms with Crippen LogP contribution in [0, 0.1) is 0 Å². The maximum atomic E-state index is 5.70. The number of rotatable bonds is 7. The van der Waals surface area contributed by atoms with Crippen LogP contribution < -0.4 is 10.2 Å². The third-order valence-electron chi connectivity index (χ3n) is 2.52. The topological polar surface area (TPSA) is 52.9 Å². The van der Waals surface area contributed by atoms with Gasteiger partial charge in [0.2, 0.25) is 0 Å². The van der Waals surface area contributed by atoms with E-state index in [0.29, 0.717) is 19.8 Å². The molecule has 1 aromatic heterocycles. The van der Waals surface area contributed by atoms with Crippen molar-refractivity contribution in [3.8, 4) is 5.75 Å². The molecule has 0 unspecified atom stereocenters. The van der Waals surface area contributed by atoms with Gasteiger partial charge in [-0.15, -0.1) is 0 Å². The molecule has 1 N–H and O–H groups in total. The van der Waals surface area contributed by atoms with Gasteiger partial charge >= 0.3 is 0 Å². The number of fused-ring (bicyclic) bond motifs is 1. The fourth-order valence-corrected chi connectivity index (χ4v) is 1.66. The molecule has 0 amide bonds. The first-order chi connectivity index (χ1) is 8.85. The normalized spacial score (nSPS) is 11.0. The van der Waals surface area contributed by atoms with Crippen molar-refractivity contribution in [1.29, 1.82) is 0 Å². The molecule has 0 atom stereocenters. The Morgan fingerprint density at radius 3 is 2.89 bits per heavy atom. The molecule has 5 heteroatoms. The Labute approximate surface area is 106 Å². The summed E-state index contributed by atoms with van der Waals surface area (Å²) in [6.45, 7) is 1.56. The van der Waals surface area contributed by atoms with Crippen LogP contribution >= 0.6 is 0 Å². The van der Waals surface area contributed by atoms with Gasteiger partial charge in [0, 0.05) is 12.5 Å². The highest BCUT2D eigenvalue weighted by molar-refractivity contribution is 5.83. The highest BCUT2D eigenvalue weighted by Crippen LogP contribution is 2.28. The highest BCUT2D eigenvalue weighted by atomic mass is 16.7. The monoisotopic (exact) mass is 251 g/mol. The summed E-state index contributed by atoms with van der Waals surface area (Å²) in [4.78, 5) is 5.16. The van der Waals surface area contributed by atoms with Crippen molar-refractivity contribution in [3.63, 3.8) is 0 Å². The Morgan fingerprint density at radius 1 is 1.22 bits per heavy atom. The van der Waals surface area contributed by atoms with Gasteiger partial charge in [-0.3, -0.25) is 4.84 Å². The van der Waals surface area contributed by atoms with Crippen molar-refractivity contribution in [2.45, 2.75) is 6.54 Å². The predicted molar refractivity (Wildman–Crippen MR) is 67.4 cm³/mol. The summed E-state index contributed by atoms with van der Waals surface area (Å²) in [6.07, 6.45) is 0. The van der Waals surface area contributed by atoms with E-state index in [4.69, 9.17) is 18.7 Å². The summed E-state index contributed by atoms with van der Waals surface area (Å²) >= 11 is 0. The Morgan fingerprint density at radius 2 is 2.11 bits per heavy atom. The first-order valence-electron chi connectivity index (χ1n) is 5.74. The second kappa shape index (κ2) is 6.39. The Bertz CT molecular complexity index is 495. The number of hydrogen-bond acceptors (Lipinski definition) is 5. The summed E-state index contributed by atoms with van der Waals surface area (Å²) < 4.78 is 15.8. The smallest absolute Gasteiger partial charge is 0.176 e. The SMILES string of the molecule is COCCONCc1cc2cccc(OC)c2o1. The van der Waals surface area contributed by atoms with Crippen LogP contribution in [-0.4, -0.2) is 27.4 Å². The minimum absolute atomic E-state index is 0.500. The number of methoxy groups -OCH3 is 2. The van der Waals surface area contributed by atoms with Crippen molar-refractivity contribution in [3.05, 3.63) is 30.0 Å². The quantitative estimate of drug-likeness (QED) is 0.603. The zero-order chi connectivity index (χ0) is 12.8. The number of ether oxygens (including phenoxy) is 2. The first kappa shape index (κ1) is 12.9. The molecule has 2 rings (SSSR count). The zero-order valence-electron chi connectivity index (χ0n) is 10.6. The lowest BCUT2D eigenvalue weighted by Crippen LogP contribution is -2.16. The highest BCUT2D eigenvalue weighted by Gasteiger charge is 2.07. The lowest BCUT2D eigenvalue weighted by molar-refractivity contribution is 0.00120. The van der Waals surface area contributed by atoms with E-state index in [0.717, 1.165) is 22.5 Å². The van der Waals surface area contributed by atoms with E-state index in [9.17, 15) is 0 Å². The van der Waals surface area contributed by atoms with Crippen LogP contribution in [0.3, 0.4) is 0 Å². The molecule has 5 nitrogen and oxygen atoms in total. The molecule has 0 aliphatic carbocycles. The van der Waals surface area contributed by atoms with E-state index in [1.54, 1.807) is 14.2 Å². The molecule has 18 heavy (non-hydrogen) atoms. The number of hydroxylamine groups is 1. The minimum atomic E-state index is 0.500. The molecule has 0 fully saturated rings. The van der Waals surface area contributed by atoms with Crippen LogP contribution in [0.5, 0.6) is 5.75 Å². The van der Waals surface area contributed by atoms with Gasteiger partial charge in [0.15, 0.2) is 11.3 Å². The van der Waals surface area contributed by atoms with Crippen molar-refractivity contribution in [2.24, 2.45) is 0 Å². The van der Waals surface area contributed by atoms with Crippen LogP contribution in [0.1, 0.15) is 5.76 Å². The summed E-state index contributed by atoms with van der Waals surface area (Å²) in [6, 6.07) is 7.75. The van der Waals surface area contributed by atoms with Crippen LogP contribution in [0.15, 0.2) is 28.7 Å². The zero-order valence-corrected chi connectivity index (χ0v) is 10.6. The molecule has 0 radical (unpaired) electrons. The average Bonchev–Trinajstić information content (AvgIpc) is 2.81. The molecule has 1 aromatic carbocycles. The summed E-state index contributed by atoms with van der Waals surface area (Å²) in [5.41, 5.74) is 3.58. The molecule has 0 spiro atoms. The Kier molecular flexibility index (Phi) is 4.58. The lowest BCUT2D eigenvalue weighted by atomic mass is 10.2. The van der Waals surface area contributed by atoms with E-state index in [2.05, 4.69) is 5.48 Å². The fraction of sp³-hybridized carbons (Fsp3) is 0.385. The van der Waals surface area contributed by atoms with E-state index < -0.39 is 0 Å². The van der Waals surface area contributed by atoms with Gasteiger partial charge in [-0.1, -0.05) is 12.1 Å². The summed E-state index contributed by atoms with van der Waals surface area (Å²) in [5, 5.41) is 1.02. The number of para-hydroxylation sites is 1. The molecule has 98 valence electrons. The third-order valence-corrected chi connectivity index (χ3v) is 2.52. The maximum absolute atomic E-state index is 5.70. The molecule has 0 bridgehead atoms. The van der Waals surface area contributed by atoms with E-state index in [1.807, 2.05) is 24.3 Å². The fourth-order valence-electron chi connectivity index (χ4n) is 1.66. The minimum Gasteiger partial charge on any atom is -0.493 e. The van der Waals surface area contributed by atoms with E-state index >= 15 is 0 Å². The third kappa shape index (κ3) is 3.01. The maximum Gasteiger partial charge on any atom is 0.176 e. The van der Waals surface area contributed by atoms with Gasteiger partial charge in [-0.2, -0.15) is 5.48 Å². The standard InChI is InChI=1S/C13H17NO4/c1-15-6-7-17-14-9-11-8-10-4-3-5-12(16-2)13(10)18-11/h3-5,8,14H,6-7,9H2,1-2H3. The number of benzene rings is 1. The largest absolute Gasteiger partial charge is 0.493 e. The predicted octanol–water partition coefficient (Wildman–Crippen LogP) is 2.11. The molecule has 0 saturated carbocycles. The van der Waals surface area contributed by atoms with Crippen molar-refractivity contribution in [1.82, 2.24) is 5.48 Å². The summed E-state index contributed by atoms with van der Waals surface area (Å²) in [7, 11) is 3.26. The molecular formula is C13H17NO4. The van der Waals surface area contributed by atoms with Gasteiger partial charge < -0.3 is 13.9 Å². The van der Waals surface area contributed by atoms with Crippen molar-refractivity contribution < 1.29 is 18.7 Å². The van der Waals surface area contributed by atoms with E-state index in [-0.39, 0.29) is 0 Å². The number of hydrogen-bond donors (Lipinski definition) is 1. The second-order valence-electron chi connectivity index (χ2n) is 3.75. The van der Waals surface area contributed by atoms with Gasteiger partial charge in [0.25, 0.3) is 0 Å². The lowest BCUT2D eigenvalue weighted by Gasteiger charge is -2.02. The average molecular weight is 251 g/mol. The van der Waals surface area contributed by atoms with E-state index in [1.165, 1.54) is 0 Å². The van der Waals surface area contributed by atoms with Crippen molar-refractivity contribution >= 4 is 11.0 Å².